The molecule has 2 aromatic rings. The number of nitrogens with zero attached hydrogens (tertiary/aromatic N) is 1. The normalized spacial score (nSPS) is 15.0. The summed E-state index contributed by atoms with van der Waals surface area (Å²) in [7, 11) is 0. The first kappa shape index (κ1) is 17.8. The Balaban J connectivity index is 1.68. The highest BCUT2D eigenvalue weighted by atomic mass is 19.1. The van der Waals surface area contributed by atoms with E-state index < -0.39 is 29.3 Å². The van der Waals surface area contributed by atoms with Gasteiger partial charge in [0.15, 0.2) is 0 Å². The maximum Gasteiger partial charge on any atom is 0.246 e. The Bertz CT molecular complexity index is 821. The lowest BCUT2D eigenvalue weighted by Gasteiger charge is -2.19. The molecule has 0 bridgehead atoms. The predicted molar refractivity (Wildman–Crippen MR) is 96.1 cm³/mol. The first-order valence-electron chi connectivity index (χ1n) is 8.37. The molecule has 136 valence electrons. The van der Waals surface area contributed by atoms with Crippen LogP contribution in [-0.2, 0) is 9.59 Å². The van der Waals surface area contributed by atoms with Gasteiger partial charge in [-0.25, -0.2) is 8.78 Å². The van der Waals surface area contributed by atoms with Gasteiger partial charge < -0.3 is 15.5 Å². The number of rotatable bonds is 5. The standard InChI is InChI=1S/C19H19F2N3O2/c1-12(19(26)23-18-15(20)7-3-8-16(18)21)22-13-5-2-6-14(11-13)24-10-4-9-17(24)25/h2-3,5-8,11-12,22H,4,9-10H2,1H3,(H,23,26). The molecular weight excluding hydrogens is 340 g/mol. The van der Waals surface area contributed by atoms with Gasteiger partial charge in [0, 0.05) is 24.3 Å². The zero-order chi connectivity index (χ0) is 18.7. The van der Waals surface area contributed by atoms with E-state index in [1.807, 2.05) is 6.07 Å². The fourth-order valence-corrected chi connectivity index (χ4v) is 2.85. The summed E-state index contributed by atoms with van der Waals surface area (Å²) in [5.41, 5.74) is 0.923. The van der Waals surface area contributed by atoms with Crippen molar-refractivity contribution >= 4 is 28.9 Å². The minimum Gasteiger partial charge on any atom is -0.374 e. The lowest BCUT2D eigenvalue weighted by Crippen LogP contribution is -2.32. The summed E-state index contributed by atoms with van der Waals surface area (Å²) in [6.07, 6.45) is 1.36. The van der Waals surface area contributed by atoms with E-state index in [9.17, 15) is 18.4 Å². The Morgan fingerprint density at radius 3 is 2.50 bits per heavy atom. The Kier molecular flexibility index (Phi) is 5.16. The maximum absolute atomic E-state index is 13.7. The number of hydrogen-bond donors (Lipinski definition) is 2. The molecule has 1 heterocycles. The van der Waals surface area contributed by atoms with E-state index in [-0.39, 0.29) is 5.91 Å². The second kappa shape index (κ2) is 7.51. The summed E-state index contributed by atoms with van der Waals surface area (Å²) >= 11 is 0. The second-order valence-electron chi connectivity index (χ2n) is 6.15. The number of amides is 2. The number of halogens is 2. The Morgan fingerprint density at radius 1 is 1.15 bits per heavy atom. The fourth-order valence-electron chi connectivity index (χ4n) is 2.85. The molecule has 0 saturated carbocycles. The van der Waals surface area contributed by atoms with E-state index in [2.05, 4.69) is 10.6 Å². The molecule has 1 atom stereocenters. The first-order chi connectivity index (χ1) is 12.5. The summed E-state index contributed by atoms with van der Waals surface area (Å²) < 4.78 is 27.3. The van der Waals surface area contributed by atoms with Crippen molar-refractivity contribution in [2.75, 3.05) is 22.1 Å². The van der Waals surface area contributed by atoms with Crippen LogP contribution in [0.25, 0.3) is 0 Å². The van der Waals surface area contributed by atoms with E-state index >= 15 is 0 Å². The largest absolute Gasteiger partial charge is 0.374 e. The molecule has 1 unspecified atom stereocenters. The SMILES string of the molecule is CC(Nc1cccc(N2CCCC2=O)c1)C(=O)Nc1c(F)cccc1F. The number of carbonyl (C=O) groups excluding carboxylic acids is 2. The lowest BCUT2D eigenvalue weighted by atomic mass is 10.2. The van der Waals surface area contributed by atoms with Crippen LogP contribution in [0.1, 0.15) is 19.8 Å². The van der Waals surface area contributed by atoms with Gasteiger partial charge in [-0.05, 0) is 43.7 Å². The average molecular weight is 359 g/mol. The van der Waals surface area contributed by atoms with Crippen LogP contribution in [0.15, 0.2) is 42.5 Å². The molecule has 1 fully saturated rings. The highest BCUT2D eigenvalue weighted by molar-refractivity contribution is 5.97. The van der Waals surface area contributed by atoms with E-state index in [0.29, 0.717) is 18.7 Å². The molecule has 5 nitrogen and oxygen atoms in total. The minimum absolute atomic E-state index is 0.0722. The van der Waals surface area contributed by atoms with Gasteiger partial charge in [0.05, 0.1) is 0 Å². The van der Waals surface area contributed by atoms with E-state index in [4.69, 9.17) is 0 Å². The van der Waals surface area contributed by atoms with Gasteiger partial charge in [-0.2, -0.15) is 0 Å². The van der Waals surface area contributed by atoms with E-state index in [1.54, 1.807) is 30.0 Å². The first-order valence-corrected chi connectivity index (χ1v) is 8.37. The van der Waals surface area contributed by atoms with Crippen LogP contribution >= 0.6 is 0 Å². The maximum atomic E-state index is 13.7. The van der Waals surface area contributed by atoms with Crippen molar-refractivity contribution in [1.82, 2.24) is 0 Å². The Hall–Kier alpha value is -2.96. The molecule has 26 heavy (non-hydrogen) atoms. The van der Waals surface area contributed by atoms with Crippen molar-refractivity contribution < 1.29 is 18.4 Å². The fraction of sp³-hybridized carbons (Fsp3) is 0.263. The zero-order valence-corrected chi connectivity index (χ0v) is 14.3. The van der Waals surface area contributed by atoms with Gasteiger partial charge in [-0.1, -0.05) is 12.1 Å². The third-order valence-corrected chi connectivity index (χ3v) is 4.22. The van der Waals surface area contributed by atoms with E-state index in [0.717, 1.165) is 24.2 Å². The molecule has 1 saturated heterocycles. The molecule has 2 amide bonds. The minimum atomic E-state index is -0.833. The Morgan fingerprint density at radius 2 is 1.85 bits per heavy atom. The van der Waals surface area contributed by atoms with Crippen LogP contribution in [-0.4, -0.2) is 24.4 Å². The van der Waals surface area contributed by atoms with Crippen LogP contribution in [0.2, 0.25) is 0 Å². The van der Waals surface area contributed by atoms with E-state index in [1.165, 1.54) is 6.07 Å². The van der Waals surface area contributed by atoms with Crippen LogP contribution < -0.4 is 15.5 Å². The van der Waals surface area contributed by atoms with Gasteiger partial charge in [0.25, 0.3) is 0 Å². The van der Waals surface area contributed by atoms with Crippen molar-refractivity contribution in [3.8, 4) is 0 Å². The quantitative estimate of drug-likeness (QED) is 0.859. The Labute approximate surface area is 150 Å². The monoisotopic (exact) mass is 359 g/mol. The van der Waals surface area contributed by atoms with Crippen molar-refractivity contribution in [2.45, 2.75) is 25.8 Å². The summed E-state index contributed by atoms with van der Waals surface area (Å²) in [6.45, 7) is 2.26. The molecule has 3 rings (SSSR count). The predicted octanol–water partition coefficient (Wildman–Crippen LogP) is 3.53. The summed E-state index contributed by atoms with van der Waals surface area (Å²) in [5, 5.41) is 5.24. The number of nitrogens with one attached hydrogen (secondary N) is 2. The number of benzene rings is 2. The number of para-hydroxylation sites is 1. The number of carbonyl (C=O) groups is 2. The lowest BCUT2D eigenvalue weighted by molar-refractivity contribution is -0.117. The van der Waals surface area contributed by atoms with Crippen molar-refractivity contribution in [3.05, 3.63) is 54.1 Å². The molecule has 2 N–H and O–H groups in total. The summed E-state index contributed by atoms with van der Waals surface area (Å²) in [4.78, 5) is 25.8. The van der Waals surface area contributed by atoms with Crippen LogP contribution in [0.3, 0.4) is 0 Å². The van der Waals surface area contributed by atoms with Gasteiger partial charge in [0.2, 0.25) is 11.8 Å². The highest BCUT2D eigenvalue weighted by Gasteiger charge is 2.22. The number of anilines is 3. The summed E-state index contributed by atoms with van der Waals surface area (Å²) in [6, 6.07) is 9.79. The van der Waals surface area contributed by atoms with Crippen molar-refractivity contribution in [1.29, 1.82) is 0 Å². The summed E-state index contributed by atoms with van der Waals surface area (Å²) in [5.74, 6) is -2.17. The van der Waals surface area contributed by atoms with Crippen molar-refractivity contribution in [3.63, 3.8) is 0 Å². The highest BCUT2D eigenvalue weighted by Crippen LogP contribution is 2.25. The molecule has 1 aliphatic rings. The van der Waals surface area contributed by atoms with Crippen LogP contribution in [0.4, 0.5) is 25.8 Å². The van der Waals surface area contributed by atoms with Crippen LogP contribution in [0.5, 0.6) is 0 Å². The molecular formula is C19H19F2N3O2. The molecule has 0 radical (unpaired) electrons. The molecule has 2 aromatic carbocycles. The molecule has 0 aromatic heterocycles. The average Bonchev–Trinajstić information content (AvgIpc) is 3.04. The van der Waals surface area contributed by atoms with Gasteiger partial charge in [-0.3, -0.25) is 9.59 Å². The number of hydrogen-bond acceptors (Lipinski definition) is 3. The van der Waals surface area contributed by atoms with Gasteiger partial charge in [-0.15, -0.1) is 0 Å². The second-order valence-corrected chi connectivity index (χ2v) is 6.15. The molecule has 0 spiro atoms. The zero-order valence-electron chi connectivity index (χ0n) is 14.3. The molecule has 1 aliphatic heterocycles. The third-order valence-electron chi connectivity index (χ3n) is 4.22. The third kappa shape index (κ3) is 3.82. The molecule has 0 aliphatic carbocycles. The van der Waals surface area contributed by atoms with Crippen LogP contribution in [0, 0.1) is 11.6 Å². The van der Waals surface area contributed by atoms with Gasteiger partial charge in [0.1, 0.15) is 23.4 Å². The van der Waals surface area contributed by atoms with Crippen molar-refractivity contribution in [2.24, 2.45) is 0 Å². The topological polar surface area (TPSA) is 61.4 Å². The van der Waals surface area contributed by atoms with Gasteiger partial charge >= 0.3 is 0 Å². The smallest absolute Gasteiger partial charge is 0.246 e. The molecule has 7 heteroatoms.